The number of pyridine rings is 1. The summed E-state index contributed by atoms with van der Waals surface area (Å²) >= 11 is 0. The van der Waals surface area contributed by atoms with Crippen molar-refractivity contribution in [1.82, 2.24) is 10.3 Å². The lowest BCUT2D eigenvalue weighted by atomic mass is 10.0. The minimum atomic E-state index is -0.614. The summed E-state index contributed by atoms with van der Waals surface area (Å²) in [4.78, 5) is 28.8. The minimum Gasteiger partial charge on any atom is -0.489 e. The van der Waals surface area contributed by atoms with Gasteiger partial charge in [-0.05, 0) is 18.2 Å². The van der Waals surface area contributed by atoms with Gasteiger partial charge in [-0.2, -0.15) is 5.26 Å². The van der Waals surface area contributed by atoms with Gasteiger partial charge in [0.2, 0.25) is 5.91 Å². The van der Waals surface area contributed by atoms with Gasteiger partial charge in [-0.3, -0.25) is 9.69 Å². The second kappa shape index (κ2) is 6.81. The van der Waals surface area contributed by atoms with E-state index in [4.69, 9.17) is 14.7 Å². The average Bonchev–Trinajstić information content (AvgIpc) is 3.02. The molecule has 2 aliphatic heterocycles. The molecule has 2 amide bonds. The van der Waals surface area contributed by atoms with Gasteiger partial charge in [-0.25, -0.2) is 14.2 Å². The van der Waals surface area contributed by atoms with Crippen LogP contribution < -0.4 is 15.0 Å². The maximum absolute atomic E-state index is 14.8. The fourth-order valence-electron chi connectivity index (χ4n) is 3.31. The molecule has 1 aromatic heterocycles. The zero-order valence-corrected chi connectivity index (χ0v) is 14.8. The van der Waals surface area contributed by atoms with Crippen molar-refractivity contribution in [2.45, 2.75) is 19.1 Å². The molecular weight excluding hydrogens is 367 g/mol. The number of amides is 2. The third kappa shape index (κ3) is 2.99. The molecule has 8 nitrogen and oxygen atoms in total. The zero-order chi connectivity index (χ0) is 19.8. The highest BCUT2D eigenvalue weighted by molar-refractivity contribution is 5.94. The van der Waals surface area contributed by atoms with E-state index in [9.17, 15) is 14.0 Å². The molecule has 2 aliphatic rings. The van der Waals surface area contributed by atoms with Gasteiger partial charge in [0.15, 0.2) is 0 Å². The summed E-state index contributed by atoms with van der Waals surface area (Å²) in [5, 5.41) is 11.4. The number of hydrogen-bond donors (Lipinski definition) is 1. The highest BCUT2D eigenvalue weighted by Gasteiger charge is 2.46. The van der Waals surface area contributed by atoms with E-state index in [1.165, 1.54) is 36.2 Å². The smallest absolute Gasteiger partial charge is 0.415 e. The van der Waals surface area contributed by atoms with Crippen LogP contribution in [0.3, 0.4) is 0 Å². The number of nitrogens with one attached hydrogen (secondary N) is 1. The Bertz CT molecular complexity index is 1000. The molecule has 0 bridgehead atoms. The predicted octanol–water partition coefficient (Wildman–Crippen LogP) is 1.98. The third-order valence-corrected chi connectivity index (χ3v) is 4.67. The lowest BCUT2D eigenvalue weighted by molar-refractivity contribution is -0.119. The van der Waals surface area contributed by atoms with E-state index in [0.29, 0.717) is 11.3 Å². The van der Waals surface area contributed by atoms with Gasteiger partial charge in [0.1, 0.15) is 42.1 Å². The summed E-state index contributed by atoms with van der Waals surface area (Å²) in [5.41, 5.74) is 1.23. The van der Waals surface area contributed by atoms with Gasteiger partial charge in [-0.1, -0.05) is 0 Å². The number of fused-ring (bicyclic) bond motifs is 3. The van der Waals surface area contributed by atoms with Crippen LogP contribution in [-0.4, -0.2) is 42.3 Å². The van der Waals surface area contributed by atoms with Gasteiger partial charge < -0.3 is 14.8 Å². The summed E-state index contributed by atoms with van der Waals surface area (Å²) < 4.78 is 25.9. The summed E-state index contributed by atoms with van der Waals surface area (Å²) in [5.74, 6) is -0.458. The monoisotopic (exact) mass is 382 g/mol. The Kier molecular flexibility index (Phi) is 4.31. The summed E-state index contributed by atoms with van der Waals surface area (Å²) in [6.07, 6.45) is 0.204. The van der Waals surface area contributed by atoms with E-state index >= 15 is 0 Å². The van der Waals surface area contributed by atoms with Crippen molar-refractivity contribution < 1.29 is 23.5 Å². The van der Waals surface area contributed by atoms with Crippen molar-refractivity contribution in [1.29, 1.82) is 5.26 Å². The molecule has 0 unspecified atom stereocenters. The molecule has 0 spiro atoms. The predicted molar refractivity (Wildman–Crippen MR) is 95.1 cm³/mol. The van der Waals surface area contributed by atoms with Crippen molar-refractivity contribution in [3.05, 3.63) is 42.0 Å². The van der Waals surface area contributed by atoms with E-state index in [0.717, 1.165) is 0 Å². The Balaban J connectivity index is 1.66. The molecule has 28 heavy (non-hydrogen) atoms. The number of carbonyl (C=O) groups excluding carboxylic acids is 2. The number of nitrogens with zero attached hydrogens (tertiary/aromatic N) is 3. The fraction of sp³-hybridized carbons (Fsp3) is 0.263. The number of nitriles is 1. The van der Waals surface area contributed by atoms with Crippen molar-refractivity contribution in [2.75, 3.05) is 18.1 Å². The number of ether oxygens (including phenoxy) is 2. The second-order valence-corrected chi connectivity index (χ2v) is 6.45. The molecule has 3 heterocycles. The first-order valence-electron chi connectivity index (χ1n) is 8.55. The number of hydrogen-bond acceptors (Lipinski definition) is 6. The number of cyclic esters (lactones) is 1. The summed E-state index contributed by atoms with van der Waals surface area (Å²) in [7, 11) is 0. The number of anilines is 1. The Morgan fingerprint density at radius 2 is 2.29 bits per heavy atom. The van der Waals surface area contributed by atoms with E-state index in [1.54, 1.807) is 6.07 Å². The highest BCUT2D eigenvalue weighted by Crippen LogP contribution is 2.42. The van der Waals surface area contributed by atoms with Crippen LogP contribution in [0.25, 0.3) is 11.1 Å². The Morgan fingerprint density at radius 1 is 1.46 bits per heavy atom. The van der Waals surface area contributed by atoms with Crippen LogP contribution in [0.4, 0.5) is 14.9 Å². The van der Waals surface area contributed by atoms with Crippen molar-refractivity contribution in [2.24, 2.45) is 0 Å². The molecule has 4 rings (SSSR count). The van der Waals surface area contributed by atoms with Crippen LogP contribution in [0, 0.1) is 17.1 Å². The standard InChI is InChI=1S/C19H15FN4O4/c1-10(25)22-8-18-16-9-27-17-4-13(11-2-3-12(6-21)23-7-11)14(20)5-15(17)24(16)19(26)28-18/h2-5,7,16,18H,8-9H2,1H3,(H,22,25)/t16-,18-/m0/s1. The molecule has 0 radical (unpaired) electrons. The van der Waals surface area contributed by atoms with Crippen LogP contribution in [0.2, 0.25) is 0 Å². The Labute approximate surface area is 159 Å². The normalized spacial score (nSPS) is 19.8. The molecule has 1 N–H and O–H groups in total. The molecule has 0 saturated carbocycles. The van der Waals surface area contributed by atoms with Crippen molar-refractivity contribution >= 4 is 17.7 Å². The van der Waals surface area contributed by atoms with E-state index in [-0.39, 0.29) is 36.0 Å². The largest absolute Gasteiger partial charge is 0.489 e. The van der Waals surface area contributed by atoms with Gasteiger partial charge >= 0.3 is 6.09 Å². The SMILES string of the molecule is CC(=O)NC[C@@H]1OC(=O)N2c3cc(F)c(-c4ccc(C#N)nc4)cc3OC[C@@H]12. The molecule has 0 aliphatic carbocycles. The zero-order valence-electron chi connectivity index (χ0n) is 14.8. The topological polar surface area (TPSA) is 105 Å². The lowest BCUT2D eigenvalue weighted by Crippen LogP contribution is -2.47. The number of rotatable bonds is 3. The van der Waals surface area contributed by atoms with Crippen LogP contribution in [-0.2, 0) is 9.53 Å². The van der Waals surface area contributed by atoms with Crippen molar-refractivity contribution in [3.8, 4) is 22.9 Å². The molecule has 9 heteroatoms. The van der Waals surface area contributed by atoms with Crippen LogP contribution >= 0.6 is 0 Å². The van der Waals surface area contributed by atoms with Gasteiger partial charge in [-0.15, -0.1) is 0 Å². The Morgan fingerprint density at radius 3 is 2.96 bits per heavy atom. The number of aromatic nitrogens is 1. The van der Waals surface area contributed by atoms with Crippen LogP contribution in [0.15, 0.2) is 30.5 Å². The first-order valence-corrected chi connectivity index (χ1v) is 8.55. The quantitative estimate of drug-likeness (QED) is 0.870. The molecule has 1 fully saturated rings. The molecule has 1 aromatic carbocycles. The van der Waals surface area contributed by atoms with E-state index in [1.807, 2.05) is 6.07 Å². The van der Waals surface area contributed by atoms with Crippen molar-refractivity contribution in [3.63, 3.8) is 0 Å². The molecule has 1 saturated heterocycles. The van der Waals surface area contributed by atoms with Gasteiger partial charge in [0.25, 0.3) is 0 Å². The van der Waals surface area contributed by atoms with E-state index in [2.05, 4.69) is 10.3 Å². The van der Waals surface area contributed by atoms with Crippen LogP contribution in [0.1, 0.15) is 12.6 Å². The number of carbonyl (C=O) groups is 2. The molecule has 2 aromatic rings. The summed E-state index contributed by atoms with van der Waals surface area (Å²) in [6, 6.07) is 7.25. The van der Waals surface area contributed by atoms with Crippen LogP contribution in [0.5, 0.6) is 5.75 Å². The molecular formula is C19H15FN4O4. The summed E-state index contributed by atoms with van der Waals surface area (Å²) in [6.45, 7) is 1.67. The number of halogens is 1. The fourth-order valence-corrected chi connectivity index (χ4v) is 3.31. The second-order valence-electron chi connectivity index (χ2n) is 6.45. The Hall–Kier alpha value is -3.67. The molecule has 142 valence electrons. The van der Waals surface area contributed by atoms with E-state index < -0.39 is 24.1 Å². The van der Waals surface area contributed by atoms with Gasteiger partial charge in [0, 0.05) is 30.3 Å². The molecule has 2 atom stereocenters. The highest BCUT2D eigenvalue weighted by atomic mass is 19.1. The maximum atomic E-state index is 14.8. The number of benzene rings is 1. The van der Waals surface area contributed by atoms with Gasteiger partial charge in [0.05, 0.1) is 12.2 Å². The maximum Gasteiger partial charge on any atom is 0.415 e. The third-order valence-electron chi connectivity index (χ3n) is 4.67. The first-order chi connectivity index (χ1) is 13.5. The first kappa shape index (κ1) is 17.7. The lowest BCUT2D eigenvalue weighted by Gasteiger charge is -2.31. The minimum absolute atomic E-state index is 0.151. The average molecular weight is 382 g/mol.